The van der Waals surface area contributed by atoms with Crippen LogP contribution in [0.3, 0.4) is 0 Å². The monoisotopic (exact) mass is 289 g/mol. The first kappa shape index (κ1) is 15.2. The van der Waals surface area contributed by atoms with Crippen LogP contribution in [0, 0.1) is 10.1 Å². The molecule has 1 aromatic heterocycles. The van der Waals surface area contributed by atoms with Gasteiger partial charge in [-0.2, -0.15) is 0 Å². The van der Waals surface area contributed by atoms with Gasteiger partial charge in [-0.3, -0.25) is 10.1 Å². The van der Waals surface area contributed by atoms with Crippen LogP contribution in [-0.2, 0) is 4.74 Å². The average molecular weight is 289 g/mol. The van der Waals surface area contributed by atoms with E-state index in [1.54, 1.807) is 19.4 Å². The Bertz CT molecular complexity index is 616. The molecule has 0 amide bonds. The SMILES string of the molecule is COCCCCCNc1ccnc2c([N+](=O)[O-])cccc12. The van der Waals surface area contributed by atoms with E-state index in [9.17, 15) is 10.1 Å². The van der Waals surface area contributed by atoms with E-state index in [2.05, 4.69) is 10.3 Å². The minimum Gasteiger partial charge on any atom is -0.385 e. The summed E-state index contributed by atoms with van der Waals surface area (Å²) in [7, 11) is 1.70. The van der Waals surface area contributed by atoms with Gasteiger partial charge >= 0.3 is 0 Å². The molecule has 0 aliphatic heterocycles. The van der Waals surface area contributed by atoms with Gasteiger partial charge in [-0.15, -0.1) is 0 Å². The van der Waals surface area contributed by atoms with Crippen LogP contribution >= 0.6 is 0 Å². The molecule has 0 aliphatic rings. The molecule has 0 fully saturated rings. The number of rotatable bonds is 8. The van der Waals surface area contributed by atoms with Gasteiger partial charge in [0.15, 0.2) is 0 Å². The van der Waals surface area contributed by atoms with E-state index in [0.29, 0.717) is 5.52 Å². The lowest BCUT2D eigenvalue weighted by molar-refractivity contribution is -0.383. The third kappa shape index (κ3) is 3.88. The Kier molecular flexibility index (Phi) is 5.45. The Morgan fingerprint density at radius 2 is 2.14 bits per heavy atom. The zero-order valence-corrected chi connectivity index (χ0v) is 12.0. The van der Waals surface area contributed by atoms with Crippen molar-refractivity contribution in [2.24, 2.45) is 0 Å². The Hall–Kier alpha value is -2.21. The predicted octanol–water partition coefficient (Wildman–Crippen LogP) is 3.37. The van der Waals surface area contributed by atoms with Gasteiger partial charge < -0.3 is 10.1 Å². The first-order chi connectivity index (χ1) is 10.2. The molecule has 0 spiro atoms. The van der Waals surface area contributed by atoms with Crippen molar-refractivity contribution >= 4 is 22.3 Å². The lowest BCUT2D eigenvalue weighted by Crippen LogP contribution is -2.03. The summed E-state index contributed by atoms with van der Waals surface area (Å²) in [6.45, 7) is 1.61. The number of unbranched alkanes of at least 4 members (excludes halogenated alkanes) is 2. The molecule has 0 unspecified atom stereocenters. The Labute approximate surface area is 123 Å². The van der Waals surface area contributed by atoms with Crippen molar-refractivity contribution in [1.82, 2.24) is 4.98 Å². The van der Waals surface area contributed by atoms with E-state index in [1.165, 1.54) is 6.07 Å². The number of nitrogens with zero attached hydrogens (tertiary/aromatic N) is 2. The lowest BCUT2D eigenvalue weighted by atomic mass is 10.1. The van der Waals surface area contributed by atoms with Crippen molar-refractivity contribution in [3.05, 3.63) is 40.6 Å². The molecule has 1 N–H and O–H groups in total. The van der Waals surface area contributed by atoms with Crippen molar-refractivity contribution in [2.75, 3.05) is 25.6 Å². The molecule has 2 aromatic rings. The normalized spacial score (nSPS) is 10.7. The van der Waals surface area contributed by atoms with Crippen molar-refractivity contribution in [2.45, 2.75) is 19.3 Å². The fraction of sp³-hybridized carbons (Fsp3) is 0.400. The number of fused-ring (bicyclic) bond motifs is 1. The molecule has 0 saturated carbocycles. The molecule has 0 bridgehead atoms. The van der Waals surface area contributed by atoms with E-state index in [4.69, 9.17) is 4.74 Å². The number of hydrogen-bond donors (Lipinski definition) is 1. The zero-order valence-electron chi connectivity index (χ0n) is 12.0. The van der Waals surface area contributed by atoms with Gasteiger partial charge in [-0.1, -0.05) is 12.1 Å². The number of para-hydroxylation sites is 1. The number of pyridine rings is 1. The van der Waals surface area contributed by atoms with E-state index in [-0.39, 0.29) is 5.69 Å². The van der Waals surface area contributed by atoms with E-state index < -0.39 is 4.92 Å². The van der Waals surface area contributed by atoms with Crippen molar-refractivity contribution < 1.29 is 9.66 Å². The summed E-state index contributed by atoms with van der Waals surface area (Å²) in [5, 5.41) is 15.1. The van der Waals surface area contributed by atoms with E-state index in [1.807, 2.05) is 12.1 Å². The summed E-state index contributed by atoms with van der Waals surface area (Å²) in [6.07, 6.45) is 4.76. The molecule has 0 aliphatic carbocycles. The van der Waals surface area contributed by atoms with Crippen molar-refractivity contribution in [3.8, 4) is 0 Å². The third-order valence-corrected chi connectivity index (χ3v) is 3.29. The summed E-state index contributed by atoms with van der Waals surface area (Å²) >= 11 is 0. The summed E-state index contributed by atoms with van der Waals surface area (Å²) in [5.74, 6) is 0. The van der Waals surface area contributed by atoms with Crippen LogP contribution in [0.25, 0.3) is 10.9 Å². The summed E-state index contributed by atoms with van der Waals surface area (Å²) in [4.78, 5) is 14.8. The van der Waals surface area contributed by atoms with Gasteiger partial charge in [0.2, 0.25) is 0 Å². The van der Waals surface area contributed by atoms with Crippen LogP contribution in [-0.4, -0.2) is 30.2 Å². The number of nitro groups is 1. The average Bonchev–Trinajstić information content (AvgIpc) is 2.50. The number of nitro benzene ring substituents is 1. The Balaban J connectivity index is 2.07. The molecular formula is C15H19N3O3. The molecule has 6 nitrogen and oxygen atoms in total. The topological polar surface area (TPSA) is 77.3 Å². The highest BCUT2D eigenvalue weighted by atomic mass is 16.6. The maximum absolute atomic E-state index is 11.0. The van der Waals surface area contributed by atoms with Gasteiger partial charge in [0, 0.05) is 43.6 Å². The first-order valence-corrected chi connectivity index (χ1v) is 6.99. The fourth-order valence-corrected chi connectivity index (χ4v) is 2.23. The summed E-state index contributed by atoms with van der Waals surface area (Å²) < 4.78 is 5.01. The number of hydrogen-bond acceptors (Lipinski definition) is 5. The standard InChI is InChI=1S/C15H19N3O3/c1-21-11-4-2-3-9-16-13-8-10-17-15-12(13)6-5-7-14(15)18(19)20/h5-8,10H,2-4,9,11H2,1H3,(H,16,17). The van der Waals surface area contributed by atoms with Crippen molar-refractivity contribution in [1.29, 1.82) is 0 Å². The maximum Gasteiger partial charge on any atom is 0.295 e. The number of anilines is 1. The minimum atomic E-state index is -0.399. The summed E-state index contributed by atoms with van der Waals surface area (Å²) in [6, 6.07) is 6.86. The van der Waals surface area contributed by atoms with Gasteiger partial charge in [-0.25, -0.2) is 4.98 Å². The molecular weight excluding hydrogens is 270 g/mol. The van der Waals surface area contributed by atoms with Crippen LogP contribution in [0.15, 0.2) is 30.5 Å². The largest absolute Gasteiger partial charge is 0.385 e. The molecule has 0 radical (unpaired) electrons. The van der Waals surface area contributed by atoms with Gasteiger partial charge in [0.1, 0.15) is 5.52 Å². The zero-order chi connectivity index (χ0) is 15.1. The lowest BCUT2D eigenvalue weighted by Gasteiger charge is -2.09. The van der Waals surface area contributed by atoms with E-state index in [0.717, 1.165) is 43.5 Å². The first-order valence-electron chi connectivity index (χ1n) is 6.99. The number of methoxy groups -OCH3 is 1. The quantitative estimate of drug-likeness (QED) is 0.458. The van der Waals surface area contributed by atoms with Gasteiger partial charge in [-0.05, 0) is 25.3 Å². The number of non-ortho nitro benzene ring substituents is 1. The number of benzene rings is 1. The van der Waals surface area contributed by atoms with Gasteiger partial charge in [0.05, 0.1) is 4.92 Å². The molecule has 1 heterocycles. The van der Waals surface area contributed by atoms with Crippen LogP contribution in [0.5, 0.6) is 0 Å². The second-order valence-corrected chi connectivity index (χ2v) is 4.77. The molecule has 0 atom stereocenters. The molecule has 6 heteroatoms. The molecule has 21 heavy (non-hydrogen) atoms. The third-order valence-electron chi connectivity index (χ3n) is 3.29. The maximum atomic E-state index is 11.0. The second-order valence-electron chi connectivity index (χ2n) is 4.77. The second kappa shape index (κ2) is 7.54. The van der Waals surface area contributed by atoms with Crippen LogP contribution in [0.4, 0.5) is 11.4 Å². The van der Waals surface area contributed by atoms with Crippen LogP contribution < -0.4 is 5.32 Å². The number of ether oxygens (including phenoxy) is 1. The van der Waals surface area contributed by atoms with E-state index >= 15 is 0 Å². The minimum absolute atomic E-state index is 0.0382. The fourth-order valence-electron chi connectivity index (χ4n) is 2.23. The highest BCUT2D eigenvalue weighted by Gasteiger charge is 2.13. The predicted molar refractivity (Wildman–Crippen MR) is 82.6 cm³/mol. The smallest absolute Gasteiger partial charge is 0.295 e. The highest BCUT2D eigenvalue weighted by Crippen LogP contribution is 2.28. The van der Waals surface area contributed by atoms with Crippen LogP contribution in [0.1, 0.15) is 19.3 Å². The highest BCUT2D eigenvalue weighted by molar-refractivity contribution is 5.96. The number of aromatic nitrogens is 1. The molecule has 112 valence electrons. The Morgan fingerprint density at radius 3 is 2.90 bits per heavy atom. The van der Waals surface area contributed by atoms with Gasteiger partial charge in [0.25, 0.3) is 5.69 Å². The van der Waals surface area contributed by atoms with Crippen LogP contribution in [0.2, 0.25) is 0 Å². The number of nitrogens with one attached hydrogen (secondary N) is 1. The van der Waals surface area contributed by atoms with Crippen molar-refractivity contribution in [3.63, 3.8) is 0 Å². The Morgan fingerprint density at radius 1 is 1.29 bits per heavy atom. The molecule has 2 rings (SSSR count). The summed E-state index contributed by atoms with van der Waals surface area (Å²) in [5.41, 5.74) is 1.35. The molecule has 0 saturated heterocycles. The molecule has 1 aromatic carbocycles.